The molecule has 0 atom stereocenters. The van der Waals surface area contributed by atoms with Crippen molar-refractivity contribution in [2.75, 3.05) is 0 Å². The number of allylic oxidation sites excluding steroid dienone is 2. The zero-order valence-corrected chi connectivity index (χ0v) is 5.64. The number of carbonyl (C=O) groups excluding carboxylic acids is 2. The maximum absolute atomic E-state index is 10.7. The van der Waals surface area contributed by atoms with Crippen molar-refractivity contribution in [2.45, 2.75) is 19.8 Å². The molecule has 0 aromatic rings. The zero-order valence-electron chi connectivity index (χ0n) is 5.64. The van der Waals surface area contributed by atoms with Gasteiger partial charge in [0.1, 0.15) is 0 Å². The fraction of sp³-hybridized carbons (Fsp3) is 0.429. The van der Waals surface area contributed by atoms with Crippen LogP contribution in [0, 0.1) is 0 Å². The van der Waals surface area contributed by atoms with Gasteiger partial charge in [-0.15, -0.1) is 5.76 Å². The topological polar surface area (TPSA) is 57.2 Å². The molecule has 0 saturated heterocycles. The second-order valence-electron chi connectivity index (χ2n) is 2.28. The molecule has 0 aliphatic heterocycles. The molecule has 0 aromatic carbocycles. The van der Waals surface area contributed by atoms with Gasteiger partial charge in [-0.2, -0.15) is 0 Å². The van der Waals surface area contributed by atoms with Crippen LogP contribution in [0.3, 0.4) is 0 Å². The van der Waals surface area contributed by atoms with Crippen LogP contribution >= 0.6 is 0 Å². The van der Waals surface area contributed by atoms with Gasteiger partial charge in [0.2, 0.25) is 0 Å². The molecule has 0 spiro atoms. The van der Waals surface area contributed by atoms with E-state index in [2.05, 4.69) is 0 Å². The van der Waals surface area contributed by atoms with E-state index in [4.69, 9.17) is 0 Å². The molecule has 0 amide bonds. The molecular formula is C7H7O3-. The van der Waals surface area contributed by atoms with Crippen LogP contribution in [0.4, 0.5) is 0 Å². The van der Waals surface area contributed by atoms with E-state index in [0.717, 1.165) is 0 Å². The van der Waals surface area contributed by atoms with E-state index < -0.39 is 5.78 Å². The summed E-state index contributed by atoms with van der Waals surface area (Å²) < 4.78 is 0. The predicted octanol–water partition coefficient (Wildman–Crippen LogP) is -0.447. The fourth-order valence-electron chi connectivity index (χ4n) is 1.03. The van der Waals surface area contributed by atoms with Gasteiger partial charge >= 0.3 is 0 Å². The van der Waals surface area contributed by atoms with Crippen LogP contribution in [0.2, 0.25) is 0 Å². The lowest BCUT2D eigenvalue weighted by molar-refractivity contribution is -0.306. The van der Waals surface area contributed by atoms with Gasteiger partial charge in [0.15, 0.2) is 11.6 Å². The zero-order chi connectivity index (χ0) is 7.72. The molecule has 1 rings (SSSR count). The average molecular weight is 139 g/mol. The van der Waals surface area contributed by atoms with Crippen molar-refractivity contribution < 1.29 is 14.7 Å². The van der Waals surface area contributed by atoms with E-state index in [0.29, 0.717) is 0 Å². The van der Waals surface area contributed by atoms with Crippen molar-refractivity contribution in [1.29, 1.82) is 0 Å². The summed E-state index contributed by atoms with van der Waals surface area (Å²) in [4.78, 5) is 21.3. The van der Waals surface area contributed by atoms with Crippen molar-refractivity contribution in [3.63, 3.8) is 0 Å². The van der Waals surface area contributed by atoms with Crippen LogP contribution in [0.5, 0.6) is 0 Å². The first-order valence-electron chi connectivity index (χ1n) is 3.07. The summed E-state index contributed by atoms with van der Waals surface area (Å²) in [6, 6.07) is 0. The number of hydrogen-bond donors (Lipinski definition) is 0. The molecule has 0 N–H and O–H groups in total. The Hall–Kier alpha value is -1.12. The highest BCUT2D eigenvalue weighted by atomic mass is 16.3. The summed E-state index contributed by atoms with van der Waals surface area (Å²) in [6.07, 6.45) is 0.432. The van der Waals surface area contributed by atoms with Gasteiger partial charge in [-0.25, -0.2) is 0 Å². The first-order chi connectivity index (χ1) is 4.63. The Kier molecular flexibility index (Phi) is 1.57. The second kappa shape index (κ2) is 2.25. The largest absolute Gasteiger partial charge is 0.875 e. The summed E-state index contributed by atoms with van der Waals surface area (Å²) in [7, 11) is 0. The number of rotatable bonds is 1. The first kappa shape index (κ1) is 6.99. The molecule has 0 bridgehead atoms. The van der Waals surface area contributed by atoms with Crippen molar-refractivity contribution in [1.82, 2.24) is 0 Å². The van der Waals surface area contributed by atoms with Gasteiger partial charge < -0.3 is 5.11 Å². The minimum atomic E-state index is -0.396. The Balaban J connectivity index is 2.99. The third-order valence-corrected chi connectivity index (χ3v) is 1.49. The Morgan fingerprint density at radius 1 is 1.50 bits per heavy atom. The number of hydrogen-bond acceptors (Lipinski definition) is 3. The van der Waals surface area contributed by atoms with E-state index in [9.17, 15) is 14.7 Å². The SMILES string of the molecule is CC(=O)C1=C([O-])CCC1=O. The van der Waals surface area contributed by atoms with E-state index >= 15 is 0 Å². The number of carbonyl (C=O) groups is 2. The lowest BCUT2D eigenvalue weighted by atomic mass is 10.1. The molecule has 0 aromatic heterocycles. The molecule has 1 aliphatic rings. The van der Waals surface area contributed by atoms with E-state index in [1.54, 1.807) is 0 Å². The van der Waals surface area contributed by atoms with Crippen molar-refractivity contribution in [3.05, 3.63) is 11.3 Å². The highest BCUT2D eigenvalue weighted by molar-refractivity contribution is 6.20. The molecule has 54 valence electrons. The lowest BCUT2D eigenvalue weighted by Crippen LogP contribution is -2.10. The van der Waals surface area contributed by atoms with Gasteiger partial charge in [0.05, 0.1) is 0 Å². The highest BCUT2D eigenvalue weighted by Gasteiger charge is 2.20. The van der Waals surface area contributed by atoms with Gasteiger partial charge in [0.25, 0.3) is 0 Å². The lowest BCUT2D eigenvalue weighted by Gasteiger charge is -2.05. The molecule has 1 aliphatic carbocycles. The second-order valence-corrected chi connectivity index (χ2v) is 2.28. The monoisotopic (exact) mass is 139 g/mol. The fourth-order valence-corrected chi connectivity index (χ4v) is 1.03. The Morgan fingerprint density at radius 2 is 2.10 bits per heavy atom. The van der Waals surface area contributed by atoms with Crippen LogP contribution in [0.15, 0.2) is 11.3 Å². The Morgan fingerprint density at radius 3 is 2.30 bits per heavy atom. The minimum absolute atomic E-state index is 0.111. The maximum Gasteiger partial charge on any atom is 0.165 e. The smallest absolute Gasteiger partial charge is 0.165 e. The predicted molar refractivity (Wildman–Crippen MR) is 31.9 cm³/mol. The van der Waals surface area contributed by atoms with Crippen molar-refractivity contribution in [2.24, 2.45) is 0 Å². The van der Waals surface area contributed by atoms with Gasteiger partial charge in [-0.3, -0.25) is 9.59 Å². The van der Waals surface area contributed by atoms with Crippen LogP contribution in [0.1, 0.15) is 19.8 Å². The highest BCUT2D eigenvalue weighted by Crippen LogP contribution is 2.18. The molecule has 0 unspecified atom stereocenters. The number of ketones is 2. The third-order valence-electron chi connectivity index (χ3n) is 1.49. The van der Waals surface area contributed by atoms with Crippen LogP contribution < -0.4 is 5.11 Å². The molecule has 0 saturated carbocycles. The molecular weight excluding hydrogens is 132 g/mol. The molecule has 3 nitrogen and oxygen atoms in total. The van der Waals surface area contributed by atoms with Crippen LogP contribution in [-0.2, 0) is 9.59 Å². The minimum Gasteiger partial charge on any atom is -0.875 e. The number of Topliss-reactive ketones (excluding diaryl/α,β-unsaturated/α-hetero) is 2. The summed E-state index contributed by atoms with van der Waals surface area (Å²) in [5, 5.41) is 10.7. The normalized spacial score (nSPS) is 18.3. The van der Waals surface area contributed by atoms with Crippen LogP contribution in [0.25, 0.3) is 0 Å². The molecule has 0 radical (unpaired) electrons. The summed E-state index contributed by atoms with van der Waals surface area (Å²) in [5.41, 5.74) is -0.111. The summed E-state index contributed by atoms with van der Waals surface area (Å²) in [6.45, 7) is 1.25. The van der Waals surface area contributed by atoms with Gasteiger partial charge in [-0.1, -0.05) is 0 Å². The van der Waals surface area contributed by atoms with E-state index in [1.807, 2.05) is 0 Å². The summed E-state index contributed by atoms with van der Waals surface area (Å²) >= 11 is 0. The van der Waals surface area contributed by atoms with Gasteiger partial charge in [0, 0.05) is 12.0 Å². The molecule has 0 fully saturated rings. The van der Waals surface area contributed by atoms with E-state index in [1.165, 1.54) is 6.92 Å². The maximum atomic E-state index is 10.7. The third kappa shape index (κ3) is 0.943. The average Bonchev–Trinajstić information content (AvgIpc) is 2.11. The molecule has 0 heterocycles. The first-order valence-corrected chi connectivity index (χ1v) is 3.07. The van der Waals surface area contributed by atoms with Crippen molar-refractivity contribution in [3.8, 4) is 0 Å². The molecule has 3 heteroatoms. The van der Waals surface area contributed by atoms with E-state index in [-0.39, 0.29) is 30.0 Å². The molecule has 10 heavy (non-hydrogen) atoms. The quantitative estimate of drug-likeness (QED) is 0.462. The summed E-state index contributed by atoms with van der Waals surface area (Å²) in [5.74, 6) is -0.984. The standard InChI is InChI=1S/C7H8O3/c1-4(8)7-5(9)2-3-6(7)10/h9H,2-3H2,1H3/p-1. The Labute approximate surface area is 58.4 Å². The Bertz CT molecular complexity index is 225. The van der Waals surface area contributed by atoms with Gasteiger partial charge in [-0.05, 0) is 13.3 Å². The van der Waals surface area contributed by atoms with Crippen molar-refractivity contribution >= 4 is 11.6 Å². The van der Waals surface area contributed by atoms with Crippen LogP contribution in [-0.4, -0.2) is 11.6 Å².